The second-order valence-electron chi connectivity index (χ2n) is 3.50. The zero-order valence-corrected chi connectivity index (χ0v) is 9.59. The Bertz CT molecular complexity index is 591. The number of aromatic nitrogens is 4. The summed E-state index contributed by atoms with van der Waals surface area (Å²) in [5, 5.41) is 11.3. The molecule has 0 amide bonds. The van der Waals surface area contributed by atoms with Crippen LogP contribution in [-0.4, -0.2) is 20.0 Å². The van der Waals surface area contributed by atoms with Crippen LogP contribution in [0.4, 0.5) is 0 Å². The topological polar surface area (TPSA) is 64.7 Å². The van der Waals surface area contributed by atoms with E-state index in [0.717, 1.165) is 17.0 Å². The maximum Gasteiger partial charge on any atom is 0.155 e. The van der Waals surface area contributed by atoms with Gasteiger partial charge in [0.05, 0.1) is 4.88 Å². The van der Waals surface area contributed by atoms with Gasteiger partial charge in [-0.05, 0) is 17.1 Å². The molecule has 0 N–H and O–H groups in total. The van der Waals surface area contributed by atoms with Crippen molar-refractivity contribution in [3.63, 3.8) is 0 Å². The summed E-state index contributed by atoms with van der Waals surface area (Å²) in [5.74, 6) is 0. The standard InChI is InChI=1S/C11H8N4OS/c1-2-4-8(5-3-1)6-10-11(13-15-17-10)9-7-16-14-12-9/h1-5,7H,6H2. The quantitative estimate of drug-likeness (QED) is 0.706. The first-order chi connectivity index (χ1) is 8.43. The fourth-order valence-electron chi connectivity index (χ4n) is 1.57. The Morgan fingerprint density at radius 3 is 2.76 bits per heavy atom. The van der Waals surface area contributed by atoms with E-state index in [1.807, 2.05) is 18.2 Å². The highest BCUT2D eigenvalue weighted by Crippen LogP contribution is 2.24. The minimum absolute atomic E-state index is 0.629. The predicted octanol–water partition coefficient (Wildman–Crippen LogP) is 2.18. The summed E-state index contributed by atoms with van der Waals surface area (Å²) < 4.78 is 8.68. The van der Waals surface area contributed by atoms with Gasteiger partial charge in [-0.1, -0.05) is 34.8 Å². The summed E-state index contributed by atoms with van der Waals surface area (Å²) in [6.45, 7) is 0. The maximum atomic E-state index is 4.72. The molecular formula is C11H8N4OS. The molecule has 1 aromatic carbocycles. The molecule has 6 heteroatoms. The van der Waals surface area contributed by atoms with Crippen LogP contribution in [-0.2, 0) is 6.42 Å². The van der Waals surface area contributed by atoms with Crippen LogP contribution < -0.4 is 0 Å². The van der Waals surface area contributed by atoms with Gasteiger partial charge in [0.1, 0.15) is 5.69 Å². The Morgan fingerprint density at radius 2 is 2.00 bits per heavy atom. The van der Waals surface area contributed by atoms with Gasteiger partial charge in [-0.25, -0.2) is 0 Å². The van der Waals surface area contributed by atoms with Gasteiger partial charge >= 0.3 is 0 Å². The molecule has 0 saturated carbocycles. The van der Waals surface area contributed by atoms with E-state index in [0.29, 0.717) is 5.69 Å². The fourth-order valence-corrected chi connectivity index (χ4v) is 2.25. The molecule has 3 rings (SSSR count). The first-order valence-corrected chi connectivity index (χ1v) is 5.83. The molecule has 3 aromatic rings. The van der Waals surface area contributed by atoms with Crippen LogP contribution in [0.5, 0.6) is 0 Å². The molecule has 0 spiro atoms. The molecule has 5 nitrogen and oxygen atoms in total. The van der Waals surface area contributed by atoms with Crippen molar-refractivity contribution in [2.24, 2.45) is 0 Å². The number of rotatable bonds is 3. The molecule has 0 aliphatic carbocycles. The summed E-state index contributed by atoms with van der Waals surface area (Å²) in [7, 11) is 0. The van der Waals surface area contributed by atoms with E-state index in [1.165, 1.54) is 23.4 Å². The molecule has 0 unspecified atom stereocenters. The fraction of sp³-hybridized carbons (Fsp3) is 0.0909. The summed E-state index contributed by atoms with van der Waals surface area (Å²) in [6.07, 6.45) is 2.27. The minimum atomic E-state index is 0.629. The summed E-state index contributed by atoms with van der Waals surface area (Å²) >= 11 is 1.37. The maximum absolute atomic E-state index is 4.72. The molecule has 0 atom stereocenters. The molecule has 0 aliphatic rings. The molecule has 0 saturated heterocycles. The number of hydrogen-bond acceptors (Lipinski definition) is 6. The Kier molecular flexibility index (Phi) is 2.63. The lowest BCUT2D eigenvalue weighted by Gasteiger charge is -1.98. The van der Waals surface area contributed by atoms with E-state index >= 15 is 0 Å². The van der Waals surface area contributed by atoms with Gasteiger partial charge < -0.3 is 4.52 Å². The summed E-state index contributed by atoms with van der Waals surface area (Å²) in [5.41, 5.74) is 2.60. The van der Waals surface area contributed by atoms with Gasteiger partial charge in [-0.2, -0.15) is 0 Å². The SMILES string of the molecule is c1ccc(Cc2snnc2-c2conn2)cc1. The van der Waals surface area contributed by atoms with E-state index in [4.69, 9.17) is 4.52 Å². The van der Waals surface area contributed by atoms with Crippen LogP contribution in [0.15, 0.2) is 41.1 Å². The highest BCUT2D eigenvalue weighted by Gasteiger charge is 2.13. The zero-order chi connectivity index (χ0) is 11.5. The molecule has 2 aromatic heterocycles. The second-order valence-corrected chi connectivity index (χ2v) is 4.34. The van der Waals surface area contributed by atoms with Crippen molar-refractivity contribution in [3.8, 4) is 11.4 Å². The molecule has 2 heterocycles. The molecule has 0 aliphatic heterocycles. The van der Waals surface area contributed by atoms with Gasteiger partial charge in [0, 0.05) is 11.7 Å². The largest absolute Gasteiger partial charge is 0.345 e. The zero-order valence-electron chi connectivity index (χ0n) is 8.78. The molecule has 17 heavy (non-hydrogen) atoms. The van der Waals surface area contributed by atoms with Crippen LogP contribution in [0, 0.1) is 0 Å². The van der Waals surface area contributed by atoms with Crippen molar-refractivity contribution in [2.75, 3.05) is 0 Å². The average molecular weight is 244 g/mol. The van der Waals surface area contributed by atoms with Crippen LogP contribution in [0.25, 0.3) is 11.4 Å². The van der Waals surface area contributed by atoms with Crippen molar-refractivity contribution in [2.45, 2.75) is 6.42 Å². The lowest BCUT2D eigenvalue weighted by Crippen LogP contribution is -1.89. The van der Waals surface area contributed by atoms with Crippen molar-refractivity contribution in [1.29, 1.82) is 0 Å². The third-order valence-corrected chi connectivity index (χ3v) is 3.09. The van der Waals surface area contributed by atoms with E-state index in [2.05, 4.69) is 32.1 Å². The Balaban J connectivity index is 1.92. The Hall–Kier alpha value is -2.08. The van der Waals surface area contributed by atoms with Crippen LogP contribution in [0.3, 0.4) is 0 Å². The highest BCUT2D eigenvalue weighted by molar-refractivity contribution is 7.06. The lowest BCUT2D eigenvalue weighted by molar-refractivity contribution is 0.393. The van der Waals surface area contributed by atoms with E-state index in [9.17, 15) is 0 Å². The Morgan fingerprint density at radius 1 is 1.12 bits per heavy atom. The van der Waals surface area contributed by atoms with Crippen molar-refractivity contribution >= 4 is 11.5 Å². The first-order valence-electron chi connectivity index (χ1n) is 5.06. The van der Waals surface area contributed by atoms with Crippen LogP contribution in [0.2, 0.25) is 0 Å². The van der Waals surface area contributed by atoms with Gasteiger partial charge in [0.25, 0.3) is 0 Å². The van der Waals surface area contributed by atoms with Crippen molar-refractivity contribution in [3.05, 3.63) is 47.0 Å². The minimum Gasteiger partial charge on any atom is -0.345 e. The number of hydrogen-bond donors (Lipinski definition) is 0. The number of benzene rings is 1. The molecule has 0 bridgehead atoms. The first kappa shape index (κ1) is 10.1. The van der Waals surface area contributed by atoms with Gasteiger partial charge in [-0.3, -0.25) is 0 Å². The third-order valence-electron chi connectivity index (χ3n) is 2.37. The molecule has 0 fully saturated rings. The van der Waals surface area contributed by atoms with E-state index < -0.39 is 0 Å². The molecule has 0 radical (unpaired) electrons. The normalized spacial score (nSPS) is 10.6. The highest BCUT2D eigenvalue weighted by atomic mass is 32.1. The van der Waals surface area contributed by atoms with Crippen LogP contribution in [0.1, 0.15) is 10.4 Å². The van der Waals surface area contributed by atoms with Crippen molar-refractivity contribution in [1.82, 2.24) is 20.0 Å². The smallest absolute Gasteiger partial charge is 0.155 e. The predicted molar refractivity (Wildman–Crippen MR) is 62.4 cm³/mol. The van der Waals surface area contributed by atoms with Gasteiger partial charge in [-0.15, -0.1) is 10.2 Å². The molecule has 84 valence electrons. The lowest BCUT2D eigenvalue weighted by atomic mass is 10.1. The van der Waals surface area contributed by atoms with Gasteiger partial charge in [0.2, 0.25) is 0 Å². The number of nitrogens with zero attached hydrogens (tertiary/aromatic N) is 4. The van der Waals surface area contributed by atoms with Crippen LogP contribution >= 0.6 is 11.5 Å². The summed E-state index contributed by atoms with van der Waals surface area (Å²) in [6, 6.07) is 10.2. The van der Waals surface area contributed by atoms with Crippen molar-refractivity contribution < 1.29 is 4.52 Å². The van der Waals surface area contributed by atoms with Gasteiger partial charge in [0.15, 0.2) is 12.0 Å². The van der Waals surface area contributed by atoms with E-state index in [-0.39, 0.29) is 0 Å². The second kappa shape index (κ2) is 4.42. The molecular weight excluding hydrogens is 236 g/mol. The third kappa shape index (κ3) is 2.07. The van der Waals surface area contributed by atoms with E-state index in [1.54, 1.807) is 0 Å². The monoisotopic (exact) mass is 244 g/mol. The summed E-state index contributed by atoms with van der Waals surface area (Å²) in [4.78, 5) is 1.06. The average Bonchev–Trinajstić information content (AvgIpc) is 3.00. The Labute approximate surface area is 101 Å².